The molecule has 3 aliphatic rings. The van der Waals surface area contributed by atoms with Gasteiger partial charge >= 0.3 is 6.18 Å². The Morgan fingerprint density at radius 1 is 1.26 bits per heavy atom. The third kappa shape index (κ3) is 3.27. The smallest absolute Gasteiger partial charge is 0.391 e. The summed E-state index contributed by atoms with van der Waals surface area (Å²) in [5, 5.41) is 14.2. The van der Waals surface area contributed by atoms with E-state index >= 15 is 0 Å². The molecule has 166 valence electrons. The van der Waals surface area contributed by atoms with Crippen molar-refractivity contribution in [2.75, 3.05) is 19.6 Å². The number of carbonyl (C=O) groups excluding carboxylic acids is 2. The van der Waals surface area contributed by atoms with Gasteiger partial charge in [-0.1, -0.05) is 11.6 Å². The molecule has 0 unspecified atom stereocenters. The van der Waals surface area contributed by atoms with Crippen LogP contribution < -0.4 is 0 Å². The third-order valence-corrected chi connectivity index (χ3v) is 6.96. The molecule has 7 nitrogen and oxygen atoms in total. The highest BCUT2D eigenvalue weighted by Gasteiger charge is 2.55. The van der Waals surface area contributed by atoms with Crippen LogP contribution in [0.2, 0.25) is 5.02 Å². The number of alkyl halides is 3. The molecule has 3 heterocycles. The zero-order valence-corrected chi connectivity index (χ0v) is 17.3. The molecule has 2 amide bonds. The van der Waals surface area contributed by atoms with Gasteiger partial charge in [0, 0.05) is 23.7 Å². The molecule has 2 aromatic rings. The molecule has 11 heteroatoms. The normalized spacial score (nSPS) is 28.4. The van der Waals surface area contributed by atoms with Crippen molar-refractivity contribution < 1.29 is 27.9 Å². The van der Waals surface area contributed by atoms with Crippen LogP contribution in [0, 0.1) is 18.8 Å². The minimum absolute atomic E-state index is 0.0847. The molecule has 2 aliphatic carbocycles. The first-order valence-corrected chi connectivity index (χ1v) is 10.5. The van der Waals surface area contributed by atoms with E-state index in [1.165, 1.54) is 17.9 Å². The van der Waals surface area contributed by atoms with Gasteiger partial charge in [-0.05, 0) is 43.7 Å². The second-order valence-electron chi connectivity index (χ2n) is 8.59. The van der Waals surface area contributed by atoms with Crippen molar-refractivity contribution >= 4 is 28.9 Å². The van der Waals surface area contributed by atoms with E-state index in [0.717, 1.165) is 18.9 Å². The Hall–Kier alpha value is -2.33. The maximum atomic E-state index is 13.4. The lowest BCUT2D eigenvalue weighted by Gasteiger charge is -2.39. The summed E-state index contributed by atoms with van der Waals surface area (Å²) < 4.78 is 40.9. The molecule has 1 aliphatic heterocycles. The van der Waals surface area contributed by atoms with Crippen molar-refractivity contribution in [1.82, 2.24) is 19.4 Å². The van der Waals surface area contributed by atoms with Gasteiger partial charge in [0.2, 0.25) is 5.91 Å². The first-order chi connectivity index (χ1) is 14.6. The van der Waals surface area contributed by atoms with Crippen molar-refractivity contribution in [3.63, 3.8) is 0 Å². The second-order valence-corrected chi connectivity index (χ2v) is 9.03. The summed E-state index contributed by atoms with van der Waals surface area (Å²) in [5.41, 5.74) is -0.872. The van der Waals surface area contributed by atoms with Gasteiger partial charge in [-0.25, -0.2) is 4.52 Å². The Balaban J connectivity index is 1.39. The van der Waals surface area contributed by atoms with E-state index in [1.54, 1.807) is 4.90 Å². The predicted octanol–water partition coefficient (Wildman–Crippen LogP) is 2.37. The zero-order valence-electron chi connectivity index (χ0n) is 16.6. The molecule has 0 spiro atoms. The molecule has 2 saturated carbocycles. The Bertz CT molecular complexity index is 1100. The van der Waals surface area contributed by atoms with Crippen molar-refractivity contribution in [1.29, 1.82) is 0 Å². The third-order valence-electron chi connectivity index (χ3n) is 6.74. The number of piperazine rings is 1. The summed E-state index contributed by atoms with van der Waals surface area (Å²) in [5.74, 6) is -0.130. The average Bonchev–Trinajstić information content (AvgIpc) is 3.31. The van der Waals surface area contributed by atoms with Crippen molar-refractivity contribution in [2.24, 2.45) is 11.8 Å². The monoisotopic (exact) mass is 456 g/mol. The van der Waals surface area contributed by atoms with E-state index < -0.39 is 23.9 Å². The summed E-state index contributed by atoms with van der Waals surface area (Å²) in [6.07, 6.45) is -3.45. The number of aliphatic hydroxyl groups is 1. The molecule has 0 aromatic carbocycles. The standard InChI is InChI=1S/C20H20ClF3N4O3/c1-9-13-6-11(21)7-15(20(22,23)24)28(13)25-17(9)19(31)26-2-3-27(16(29)8-26)14-5-10-4-12(10)18(14)30/h6-7,10,12,14,18,30H,2-5,8H2,1H3/t10-,12-,14-,18-/m0/s1. The lowest BCUT2D eigenvalue weighted by atomic mass is 10.1. The maximum Gasteiger partial charge on any atom is 0.433 e. The largest absolute Gasteiger partial charge is 0.433 e. The molecule has 31 heavy (non-hydrogen) atoms. The van der Waals surface area contributed by atoms with Crippen LogP contribution in [0.15, 0.2) is 12.1 Å². The Kier molecular flexibility index (Phi) is 4.53. The number of rotatable bonds is 2. The molecule has 1 N–H and O–H groups in total. The number of aliphatic hydroxyl groups excluding tert-OH is 1. The highest BCUT2D eigenvalue weighted by Crippen LogP contribution is 2.53. The van der Waals surface area contributed by atoms with E-state index in [2.05, 4.69) is 5.10 Å². The first kappa shape index (κ1) is 20.6. The van der Waals surface area contributed by atoms with E-state index in [4.69, 9.17) is 11.6 Å². The lowest BCUT2D eigenvalue weighted by molar-refractivity contribution is -0.142. The van der Waals surface area contributed by atoms with Crippen LogP contribution in [0.3, 0.4) is 0 Å². The quantitative estimate of drug-likeness (QED) is 0.752. The summed E-state index contributed by atoms with van der Waals surface area (Å²) in [4.78, 5) is 28.7. The van der Waals surface area contributed by atoms with Crippen LogP contribution in [0.1, 0.15) is 34.6 Å². The maximum absolute atomic E-state index is 13.4. The number of fused-ring (bicyclic) bond motifs is 2. The van der Waals surface area contributed by atoms with Gasteiger partial charge in [0.15, 0.2) is 5.69 Å². The lowest BCUT2D eigenvalue weighted by Crippen LogP contribution is -2.57. The van der Waals surface area contributed by atoms with Crippen molar-refractivity contribution in [2.45, 2.75) is 38.1 Å². The molecule has 2 aromatic heterocycles. The number of hydrogen-bond donors (Lipinski definition) is 1. The Morgan fingerprint density at radius 2 is 2.00 bits per heavy atom. The highest BCUT2D eigenvalue weighted by molar-refractivity contribution is 6.31. The highest BCUT2D eigenvalue weighted by atomic mass is 35.5. The fourth-order valence-corrected chi connectivity index (χ4v) is 5.20. The number of aryl methyl sites for hydroxylation is 1. The summed E-state index contributed by atoms with van der Waals surface area (Å²) >= 11 is 5.85. The van der Waals surface area contributed by atoms with Crippen LogP contribution in [0.4, 0.5) is 13.2 Å². The molecule has 0 radical (unpaired) electrons. The van der Waals surface area contributed by atoms with E-state index in [-0.39, 0.29) is 59.3 Å². The topological polar surface area (TPSA) is 78.2 Å². The summed E-state index contributed by atoms with van der Waals surface area (Å²) in [7, 11) is 0. The molecule has 4 atom stereocenters. The minimum atomic E-state index is -4.70. The molecule has 3 fully saturated rings. The van der Waals surface area contributed by atoms with Crippen LogP contribution in [-0.4, -0.2) is 68.1 Å². The van der Waals surface area contributed by atoms with Crippen LogP contribution in [-0.2, 0) is 11.0 Å². The van der Waals surface area contributed by atoms with Crippen LogP contribution in [0.25, 0.3) is 5.52 Å². The Morgan fingerprint density at radius 3 is 2.61 bits per heavy atom. The molecular formula is C20H20ClF3N4O3. The van der Waals surface area contributed by atoms with Crippen LogP contribution >= 0.6 is 11.6 Å². The summed E-state index contributed by atoms with van der Waals surface area (Å²) in [6, 6.07) is 1.86. The van der Waals surface area contributed by atoms with Gasteiger partial charge in [-0.15, -0.1) is 0 Å². The van der Waals surface area contributed by atoms with Crippen molar-refractivity contribution in [3.8, 4) is 0 Å². The Labute approximate surface area is 180 Å². The second kappa shape index (κ2) is 6.83. The van der Waals surface area contributed by atoms with Gasteiger partial charge in [0.1, 0.15) is 12.2 Å². The first-order valence-electron chi connectivity index (χ1n) is 10.1. The number of aromatic nitrogens is 2. The average molecular weight is 457 g/mol. The fraction of sp³-hybridized carbons (Fsp3) is 0.550. The van der Waals surface area contributed by atoms with Gasteiger partial charge in [0.05, 0.1) is 17.7 Å². The van der Waals surface area contributed by atoms with E-state index in [9.17, 15) is 27.9 Å². The fourth-order valence-electron chi connectivity index (χ4n) is 5.00. The number of halogens is 4. The van der Waals surface area contributed by atoms with E-state index in [0.29, 0.717) is 10.4 Å². The number of nitrogens with zero attached hydrogens (tertiary/aromatic N) is 4. The van der Waals surface area contributed by atoms with E-state index in [1.807, 2.05) is 0 Å². The molecule has 5 rings (SSSR count). The SMILES string of the molecule is Cc1c(C(=O)N2CCN([C@H]3C[C@@H]4C[C@@H]4[C@@H]3O)C(=O)C2)nn2c(C(F)(F)F)cc(Cl)cc12. The van der Waals surface area contributed by atoms with Gasteiger partial charge in [-0.2, -0.15) is 18.3 Å². The number of pyridine rings is 1. The van der Waals surface area contributed by atoms with Gasteiger partial charge in [-0.3, -0.25) is 9.59 Å². The number of carbonyl (C=O) groups is 2. The number of hydrogen-bond acceptors (Lipinski definition) is 4. The van der Waals surface area contributed by atoms with Gasteiger partial charge < -0.3 is 14.9 Å². The number of amides is 2. The zero-order chi connectivity index (χ0) is 22.2. The molecule has 1 saturated heterocycles. The van der Waals surface area contributed by atoms with Crippen LogP contribution in [0.5, 0.6) is 0 Å². The van der Waals surface area contributed by atoms with Crippen molar-refractivity contribution in [3.05, 3.63) is 34.1 Å². The van der Waals surface area contributed by atoms with Gasteiger partial charge in [0.25, 0.3) is 5.91 Å². The molecular weight excluding hydrogens is 437 g/mol. The summed E-state index contributed by atoms with van der Waals surface area (Å²) in [6.45, 7) is 1.81. The molecule has 0 bridgehead atoms. The predicted molar refractivity (Wildman–Crippen MR) is 104 cm³/mol. The minimum Gasteiger partial charge on any atom is -0.391 e.